The van der Waals surface area contributed by atoms with Gasteiger partial charge in [-0.3, -0.25) is 4.79 Å². The van der Waals surface area contributed by atoms with Crippen LogP contribution in [0.4, 0.5) is 10.1 Å². The SMILES string of the molecule is Cc1[nH]c2cccc(F)c2c1C(=O)Nc1ccccc1C#N. The number of hydrogen-bond acceptors (Lipinski definition) is 2. The number of nitrogens with one attached hydrogen (secondary N) is 2. The fourth-order valence-electron chi connectivity index (χ4n) is 2.49. The number of H-pyrrole nitrogens is 1. The van der Waals surface area contributed by atoms with Gasteiger partial charge in [-0.05, 0) is 31.2 Å². The zero-order chi connectivity index (χ0) is 15.7. The monoisotopic (exact) mass is 293 g/mol. The second-order valence-corrected chi connectivity index (χ2v) is 4.90. The Labute approximate surface area is 126 Å². The number of fused-ring (bicyclic) bond motifs is 1. The Bertz CT molecular complexity index is 921. The highest BCUT2D eigenvalue weighted by atomic mass is 19.1. The first kappa shape index (κ1) is 13.8. The molecule has 0 atom stereocenters. The van der Waals surface area contributed by atoms with E-state index in [1.807, 2.05) is 6.07 Å². The number of anilines is 1. The first-order valence-electron chi connectivity index (χ1n) is 6.69. The molecule has 5 heteroatoms. The lowest BCUT2D eigenvalue weighted by Crippen LogP contribution is -2.14. The first-order valence-corrected chi connectivity index (χ1v) is 6.69. The number of halogens is 1. The number of para-hydroxylation sites is 1. The minimum absolute atomic E-state index is 0.251. The molecule has 108 valence electrons. The molecule has 0 fully saturated rings. The summed E-state index contributed by atoms with van der Waals surface area (Å²) in [6.07, 6.45) is 0. The molecule has 0 aliphatic carbocycles. The number of carbonyl (C=O) groups excluding carboxylic acids is 1. The van der Waals surface area contributed by atoms with Crippen LogP contribution in [0.1, 0.15) is 21.6 Å². The Hall–Kier alpha value is -3.13. The minimum atomic E-state index is -0.458. The molecule has 1 heterocycles. The lowest BCUT2D eigenvalue weighted by atomic mass is 10.1. The van der Waals surface area contributed by atoms with Crippen LogP contribution in [0.15, 0.2) is 42.5 Å². The Morgan fingerprint density at radius 3 is 2.77 bits per heavy atom. The Morgan fingerprint density at radius 1 is 1.23 bits per heavy atom. The van der Waals surface area contributed by atoms with Gasteiger partial charge in [0, 0.05) is 16.6 Å². The van der Waals surface area contributed by atoms with Crippen LogP contribution in [-0.4, -0.2) is 10.9 Å². The molecule has 22 heavy (non-hydrogen) atoms. The maximum absolute atomic E-state index is 14.1. The van der Waals surface area contributed by atoms with Gasteiger partial charge in [0.2, 0.25) is 0 Å². The second kappa shape index (κ2) is 5.34. The van der Waals surface area contributed by atoms with E-state index in [1.165, 1.54) is 6.07 Å². The molecule has 3 rings (SSSR count). The molecule has 0 aliphatic rings. The van der Waals surface area contributed by atoms with Gasteiger partial charge < -0.3 is 10.3 Å². The summed E-state index contributed by atoms with van der Waals surface area (Å²) >= 11 is 0. The molecular formula is C17H12FN3O. The van der Waals surface area contributed by atoms with E-state index in [0.717, 1.165) is 0 Å². The van der Waals surface area contributed by atoms with Crippen molar-refractivity contribution < 1.29 is 9.18 Å². The van der Waals surface area contributed by atoms with Crippen LogP contribution in [-0.2, 0) is 0 Å². The van der Waals surface area contributed by atoms with Gasteiger partial charge >= 0.3 is 0 Å². The van der Waals surface area contributed by atoms with Crippen molar-refractivity contribution in [2.75, 3.05) is 5.32 Å². The minimum Gasteiger partial charge on any atom is -0.358 e. The number of amides is 1. The molecule has 4 nitrogen and oxygen atoms in total. The average molecular weight is 293 g/mol. The topological polar surface area (TPSA) is 68.7 Å². The van der Waals surface area contributed by atoms with E-state index >= 15 is 0 Å². The Kier molecular flexibility index (Phi) is 3.36. The van der Waals surface area contributed by atoms with Crippen molar-refractivity contribution in [2.24, 2.45) is 0 Å². The summed E-state index contributed by atoms with van der Waals surface area (Å²) in [6, 6.07) is 13.3. The van der Waals surface area contributed by atoms with Crippen molar-refractivity contribution in [1.29, 1.82) is 5.26 Å². The number of carbonyl (C=O) groups is 1. The fraction of sp³-hybridized carbons (Fsp3) is 0.0588. The summed E-state index contributed by atoms with van der Waals surface area (Å²) in [6.45, 7) is 1.71. The van der Waals surface area contributed by atoms with Gasteiger partial charge in [-0.15, -0.1) is 0 Å². The Balaban J connectivity index is 2.07. The molecule has 0 saturated heterocycles. The number of aromatic amines is 1. The molecule has 0 unspecified atom stereocenters. The van der Waals surface area contributed by atoms with Gasteiger partial charge in [0.25, 0.3) is 5.91 Å². The van der Waals surface area contributed by atoms with E-state index in [-0.39, 0.29) is 10.9 Å². The summed E-state index contributed by atoms with van der Waals surface area (Å²) in [4.78, 5) is 15.5. The van der Waals surface area contributed by atoms with E-state index in [1.54, 1.807) is 43.3 Å². The van der Waals surface area contributed by atoms with Crippen molar-refractivity contribution in [3.05, 3.63) is 65.1 Å². The third-order valence-electron chi connectivity index (χ3n) is 3.48. The smallest absolute Gasteiger partial charge is 0.258 e. The maximum Gasteiger partial charge on any atom is 0.258 e. The van der Waals surface area contributed by atoms with Crippen molar-refractivity contribution in [3.8, 4) is 6.07 Å². The first-order chi connectivity index (χ1) is 10.6. The van der Waals surface area contributed by atoms with E-state index < -0.39 is 11.7 Å². The van der Waals surface area contributed by atoms with Crippen LogP contribution in [0.3, 0.4) is 0 Å². The van der Waals surface area contributed by atoms with E-state index in [0.29, 0.717) is 22.5 Å². The molecule has 1 amide bonds. The van der Waals surface area contributed by atoms with Gasteiger partial charge in [0.05, 0.1) is 16.8 Å². The number of aromatic nitrogens is 1. The molecule has 0 aliphatic heterocycles. The lowest BCUT2D eigenvalue weighted by molar-refractivity contribution is 0.102. The van der Waals surface area contributed by atoms with Crippen LogP contribution >= 0.6 is 0 Å². The summed E-state index contributed by atoms with van der Waals surface area (Å²) < 4.78 is 14.1. The highest BCUT2D eigenvalue weighted by molar-refractivity contribution is 6.14. The zero-order valence-electron chi connectivity index (χ0n) is 11.8. The zero-order valence-corrected chi connectivity index (χ0v) is 11.8. The van der Waals surface area contributed by atoms with Crippen LogP contribution in [0, 0.1) is 24.1 Å². The molecule has 0 bridgehead atoms. The molecule has 1 aromatic heterocycles. The van der Waals surface area contributed by atoms with Gasteiger partial charge in [-0.2, -0.15) is 5.26 Å². The molecule has 0 saturated carbocycles. The number of nitrogens with zero attached hydrogens (tertiary/aromatic N) is 1. The lowest BCUT2D eigenvalue weighted by Gasteiger charge is -2.07. The van der Waals surface area contributed by atoms with Crippen molar-refractivity contribution in [2.45, 2.75) is 6.92 Å². The third kappa shape index (κ3) is 2.21. The maximum atomic E-state index is 14.1. The third-order valence-corrected chi connectivity index (χ3v) is 3.48. The highest BCUT2D eigenvalue weighted by Crippen LogP contribution is 2.26. The molecule has 3 aromatic rings. The van der Waals surface area contributed by atoms with Gasteiger partial charge in [-0.25, -0.2) is 4.39 Å². The van der Waals surface area contributed by atoms with Crippen molar-refractivity contribution >= 4 is 22.5 Å². The number of nitriles is 1. The van der Waals surface area contributed by atoms with Gasteiger partial charge in [-0.1, -0.05) is 18.2 Å². The second-order valence-electron chi connectivity index (χ2n) is 4.90. The summed E-state index contributed by atoms with van der Waals surface area (Å²) in [5.74, 6) is -0.905. The summed E-state index contributed by atoms with van der Waals surface area (Å²) in [5, 5.41) is 12.0. The van der Waals surface area contributed by atoms with Crippen molar-refractivity contribution in [3.63, 3.8) is 0 Å². The van der Waals surface area contributed by atoms with E-state index in [4.69, 9.17) is 5.26 Å². The summed E-state index contributed by atoms with van der Waals surface area (Å²) in [7, 11) is 0. The average Bonchev–Trinajstić information content (AvgIpc) is 2.85. The molecular weight excluding hydrogens is 281 g/mol. The number of hydrogen-bond donors (Lipinski definition) is 2. The number of rotatable bonds is 2. The quantitative estimate of drug-likeness (QED) is 0.755. The molecule has 2 N–H and O–H groups in total. The summed E-state index contributed by atoms with van der Waals surface area (Å²) in [5.41, 5.74) is 2.15. The fourth-order valence-corrected chi connectivity index (χ4v) is 2.49. The van der Waals surface area contributed by atoms with Crippen LogP contribution in [0.5, 0.6) is 0 Å². The van der Waals surface area contributed by atoms with Gasteiger partial charge in [0.1, 0.15) is 11.9 Å². The van der Waals surface area contributed by atoms with Crippen LogP contribution in [0.2, 0.25) is 0 Å². The predicted octanol–water partition coefficient (Wildman–Crippen LogP) is 3.74. The molecule has 0 radical (unpaired) electrons. The van der Waals surface area contributed by atoms with Crippen molar-refractivity contribution in [1.82, 2.24) is 4.98 Å². The van der Waals surface area contributed by atoms with Crippen LogP contribution in [0.25, 0.3) is 10.9 Å². The van der Waals surface area contributed by atoms with E-state index in [2.05, 4.69) is 10.3 Å². The predicted molar refractivity (Wildman–Crippen MR) is 82.1 cm³/mol. The largest absolute Gasteiger partial charge is 0.358 e. The Morgan fingerprint density at radius 2 is 2.00 bits per heavy atom. The molecule has 2 aromatic carbocycles. The van der Waals surface area contributed by atoms with Crippen LogP contribution < -0.4 is 5.32 Å². The molecule has 0 spiro atoms. The van der Waals surface area contributed by atoms with E-state index in [9.17, 15) is 9.18 Å². The standard InChI is InChI=1S/C17H12FN3O/c1-10-15(16-12(18)6-4-8-14(16)20-10)17(22)21-13-7-3-2-5-11(13)9-19/h2-8,20H,1H3,(H,21,22). The number of benzene rings is 2. The normalized spacial score (nSPS) is 10.4. The van der Waals surface area contributed by atoms with Gasteiger partial charge in [0.15, 0.2) is 0 Å². The number of aryl methyl sites for hydroxylation is 1. The highest BCUT2D eigenvalue weighted by Gasteiger charge is 2.19.